The van der Waals surface area contributed by atoms with Gasteiger partial charge in [-0.15, -0.1) is 12.4 Å². The summed E-state index contributed by atoms with van der Waals surface area (Å²) in [5.74, 6) is -0.211. The fourth-order valence-electron chi connectivity index (χ4n) is 2.68. The van der Waals surface area contributed by atoms with E-state index in [4.69, 9.17) is 27.9 Å². The number of rotatable bonds is 8. The fourth-order valence-corrected chi connectivity index (χ4v) is 4.18. The number of carbonyl (C=O) groups is 1. The van der Waals surface area contributed by atoms with Crippen molar-refractivity contribution in [1.82, 2.24) is 9.88 Å². The number of anilines is 1. The van der Waals surface area contributed by atoms with Crippen LogP contribution in [0.5, 0.6) is 5.75 Å². The number of halogens is 4. The van der Waals surface area contributed by atoms with Gasteiger partial charge in [0.15, 0.2) is 11.7 Å². The molecule has 1 amide bonds. The molecule has 0 unspecified atom stereocenters. The van der Waals surface area contributed by atoms with Crippen molar-refractivity contribution < 1.29 is 13.9 Å². The van der Waals surface area contributed by atoms with Crippen molar-refractivity contribution >= 4 is 68.2 Å². The van der Waals surface area contributed by atoms with Crippen LogP contribution in [0.1, 0.15) is 6.42 Å². The smallest absolute Gasteiger partial charge is 0.266 e. The van der Waals surface area contributed by atoms with E-state index in [0.717, 1.165) is 13.0 Å². The molecular weight excluding hydrogens is 472 g/mol. The molecule has 0 fully saturated rings. The molecule has 0 N–H and O–H groups in total. The minimum Gasteiger partial charge on any atom is -0.482 e. The maximum Gasteiger partial charge on any atom is 0.266 e. The predicted octanol–water partition coefficient (Wildman–Crippen LogP) is 5.53. The van der Waals surface area contributed by atoms with Crippen molar-refractivity contribution in [2.45, 2.75) is 6.42 Å². The number of aromatic nitrogens is 1. The SMILES string of the molecule is CN(C)CCCN(C(=O)COc1ccc(Cl)cc1Cl)c1nc2ccc(F)cc2s1.Cl. The van der Waals surface area contributed by atoms with Crippen molar-refractivity contribution in [3.8, 4) is 5.75 Å². The Labute approximate surface area is 194 Å². The Morgan fingerprint density at radius 3 is 2.63 bits per heavy atom. The number of fused-ring (bicyclic) bond motifs is 1. The molecule has 0 atom stereocenters. The largest absolute Gasteiger partial charge is 0.482 e. The average molecular weight is 493 g/mol. The molecular formula is C20H21Cl3FN3O2S. The molecule has 0 aliphatic heterocycles. The average Bonchev–Trinajstić information content (AvgIpc) is 3.06. The van der Waals surface area contributed by atoms with Gasteiger partial charge in [0, 0.05) is 11.6 Å². The van der Waals surface area contributed by atoms with Gasteiger partial charge in [0.25, 0.3) is 5.91 Å². The summed E-state index contributed by atoms with van der Waals surface area (Å²) in [5, 5.41) is 1.33. The van der Waals surface area contributed by atoms with Gasteiger partial charge in [-0.25, -0.2) is 9.37 Å². The standard InChI is InChI=1S/C20H20Cl2FN3O2S.ClH/c1-25(2)8-3-9-26(20-24-16-6-5-14(23)11-18(16)29-20)19(27)12-28-17-7-4-13(21)10-15(17)22;/h4-7,10-11H,3,8-9,12H2,1-2H3;1H. The van der Waals surface area contributed by atoms with Gasteiger partial charge in [-0.05, 0) is 63.5 Å². The first-order valence-electron chi connectivity index (χ1n) is 8.92. The van der Waals surface area contributed by atoms with Crippen LogP contribution in [0.3, 0.4) is 0 Å². The van der Waals surface area contributed by atoms with Gasteiger partial charge in [0.05, 0.1) is 15.2 Å². The van der Waals surface area contributed by atoms with Gasteiger partial charge in [0.2, 0.25) is 0 Å². The van der Waals surface area contributed by atoms with Crippen LogP contribution in [0, 0.1) is 5.82 Å². The first kappa shape index (κ1) is 24.6. The van der Waals surface area contributed by atoms with Gasteiger partial charge >= 0.3 is 0 Å². The van der Waals surface area contributed by atoms with Crippen molar-refractivity contribution in [3.63, 3.8) is 0 Å². The molecule has 0 spiro atoms. The van der Waals surface area contributed by atoms with Crippen LogP contribution < -0.4 is 9.64 Å². The van der Waals surface area contributed by atoms with Crippen LogP contribution in [-0.4, -0.2) is 49.6 Å². The molecule has 1 heterocycles. The van der Waals surface area contributed by atoms with E-state index in [2.05, 4.69) is 4.98 Å². The van der Waals surface area contributed by atoms with Gasteiger partial charge in [-0.1, -0.05) is 34.5 Å². The molecule has 0 aliphatic rings. The summed E-state index contributed by atoms with van der Waals surface area (Å²) in [5.41, 5.74) is 0.651. The molecule has 162 valence electrons. The summed E-state index contributed by atoms with van der Waals surface area (Å²) in [6, 6.07) is 9.20. The third-order valence-corrected chi connectivity index (χ3v) is 5.67. The molecule has 30 heavy (non-hydrogen) atoms. The fraction of sp³-hybridized carbons (Fsp3) is 0.300. The molecule has 10 heteroatoms. The van der Waals surface area contributed by atoms with Crippen LogP contribution in [0.2, 0.25) is 10.0 Å². The summed E-state index contributed by atoms with van der Waals surface area (Å²) in [4.78, 5) is 21.0. The monoisotopic (exact) mass is 491 g/mol. The maximum absolute atomic E-state index is 13.5. The Bertz CT molecular complexity index is 1020. The number of nitrogens with zero attached hydrogens (tertiary/aromatic N) is 3. The highest BCUT2D eigenvalue weighted by molar-refractivity contribution is 7.22. The topological polar surface area (TPSA) is 45.7 Å². The first-order valence-corrected chi connectivity index (χ1v) is 10.5. The second kappa shape index (κ2) is 11.1. The van der Waals surface area contributed by atoms with Crippen molar-refractivity contribution in [2.24, 2.45) is 0 Å². The summed E-state index contributed by atoms with van der Waals surface area (Å²) < 4.78 is 19.8. The number of hydrogen-bond acceptors (Lipinski definition) is 5. The van der Waals surface area contributed by atoms with Gasteiger partial charge < -0.3 is 9.64 Å². The van der Waals surface area contributed by atoms with E-state index in [9.17, 15) is 9.18 Å². The van der Waals surface area contributed by atoms with Crippen LogP contribution in [0.4, 0.5) is 9.52 Å². The Hall–Kier alpha value is -1.64. The molecule has 0 aliphatic carbocycles. The zero-order valence-electron chi connectivity index (χ0n) is 16.4. The normalized spacial score (nSPS) is 10.9. The number of benzene rings is 2. The number of ether oxygens (including phenoxy) is 1. The third kappa shape index (κ3) is 6.43. The lowest BCUT2D eigenvalue weighted by atomic mass is 10.3. The summed E-state index contributed by atoms with van der Waals surface area (Å²) in [6.07, 6.45) is 0.755. The zero-order valence-corrected chi connectivity index (χ0v) is 19.5. The lowest BCUT2D eigenvalue weighted by Crippen LogP contribution is -2.36. The van der Waals surface area contributed by atoms with E-state index in [-0.39, 0.29) is 30.7 Å². The third-order valence-electron chi connectivity index (χ3n) is 4.10. The highest BCUT2D eigenvalue weighted by Gasteiger charge is 2.21. The zero-order chi connectivity index (χ0) is 21.0. The van der Waals surface area contributed by atoms with Crippen molar-refractivity contribution in [3.05, 3.63) is 52.3 Å². The lowest BCUT2D eigenvalue weighted by molar-refractivity contribution is -0.120. The number of hydrogen-bond donors (Lipinski definition) is 0. The molecule has 0 saturated carbocycles. The molecule has 1 aromatic heterocycles. The van der Waals surface area contributed by atoms with Crippen LogP contribution in [-0.2, 0) is 4.79 Å². The quantitative estimate of drug-likeness (QED) is 0.415. The van der Waals surface area contributed by atoms with Crippen molar-refractivity contribution in [1.29, 1.82) is 0 Å². The molecule has 0 saturated heterocycles. The van der Waals surface area contributed by atoms with E-state index >= 15 is 0 Å². The predicted molar refractivity (Wildman–Crippen MR) is 124 cm³/mol. The Morgan fingerprint density at radius 1 is 1.17 bits per heavy atom. The minimum atomic E-state index is -0.334. The Kier molecular flexibility index (Phi) is 9.12. The van der Waals surface area contributed by atoms with E-state index in [1.807, 2.05) is 19.0 Å². The van der Waals surface area contributed by atoms with E-state index in [1.54, 1.807) is 29.2 Å². The van der Waals surface area contributed by atoms with E-state index < -0.39 is 0 Å². The van der Waals surface area contributed by atoms with Gasteiger partial charge in [-0.3, -0.25) is 9.69 Å². The van der Waals surface area contributed by atoms with E-state index in [0.29, 0.717) is 37.7 Å². The molecule has 3 aromatic rings. The number of carbonyl (C=O) groups excluding carboxylic acids is 1. The van der Waals surface area contributed by atoms with Crippen LogP contribution in [0.15, 0.2) is 36.4 Å². The summed E-state index contributed by atoms with van der Waals surface area (Å²) in [6.45, 7) is 1.08. The lowest BCUT2D eigenvalue weighted by Gasteiger charge is -2.21. The van der Waals surface area contributed by atoms with Crippen molar-refractivity contribution in [2.75, 3.05) is 38.7 Å². The minimum absolute atomic E-state index is 0. The highest BCUT2D eigenvalue weighted by Crippen LogP contribution is 2.30. The van der Waals surface area contributed by atoms with Gasteiger partial charge in [-0.2, -0.15) is 0 Å². The van der Waals surface area contributed by atoms with Gasteiger partial charge in [0.1, 0.15) is 11.6 Å². The molecule has 0 bridgehead atoms. The molecule has 5 nitrogen and oxygen atoms in total. The maximum atomic E-state index is 13.5. The molecule has 3 rings (SSSR count). The number of amides is 1. The number of thiazole rings is 1. The Balaban J connectivity index is 0.00000320. The molecule has 2 aromatic carbocycles. The highest BCUT2D eigenvalue weighted by atomic mass is 35.5. The van der Waals surface area contributed by atoms with Crippen LogP contribution in [0.25, 0.3) is 10.2 Å². The van der Waals surface area contributed by atoms with E-state index in [1.165, 1.54) is 23.5 Å². The molecule has 0 radical (unpaired) electrons. The second-order valence-electron chi connectivity index (χ2n) is 6.67. The summed E-state index contributed by atoms with van der Waals surface area (Å²) in [7, 11) is 3.94. The summed E-state index contributed by atoms with van der Waals surface area (Å²) >= 11 is 13.3. The van der Waals surface area contributed by atoms with Crippen LogP contribution >= 0.6 is 46.9 Å². The Morgan fingerprint density at radius 2 is 1.93 bits per heavy atom. The first-order chi connectivity index (χ1) is 13.8. The second-order valence-corrected chi connectivity index (χ2v) is 8.53.